The third kappa shape index (κ3) is 3.69. The van der Waals surface area contributed by atoms with Crippen LogP contribution in [0.4, 0.5) is 4.39 Å². The molecule has 0 fully saturated rings. The van der Waals surface area contributed by atoms with Gasteiger partial charge in [0.15, 0.2) is 24.0 Å². The normalized spacial score (nSPS) is 11.0. The second-order valence-electron chi connectivity index (χ2n) is 6.53. The fourth-order valence-electron chi connectivity index (χ4n) is 3.28. The summed E-state index contributed by atoms with van der Waals surface area (Å²) >= 11 is 0. The van der Waals surface area contributed by atoms with Gasteiger partial charge in [-0.2, -0.15) is 0 Å². The number of fused-ring (bicyclic) bond motifs is 3. The summed E-state index contributed by atoms with van der Waals surface area (Å²) in [5.41, 5.74) is 1.47. The topological polar surface area (TPSA) is 65.7 Å². The molecule has 1 aromatic heterocycles. The highest BCUT2D eigenvalue weighted by Gasteiger charge is 2.16. The summed E-state index contributed by atoms with van der Waals surface area (Å²) in [7, 11) is 1.34. The quantitative estimate of drug-likeness (QED) is 0.351. The average molecular weight is 392 g/mol. The van der Waals surface area contributed by atoms with Gasteiger partial charge in [0.2, 0.25) is 0 Å². The smallest absolute Gasteiger partial charge is 0.310 e. The van der Waals surface area contributed by atoms with Crippen LogP contribution in [0.3, 0.4) is 0 Å². The first-order valence-corrected chi connectivity index (χ1v) is 8.97. The number of rotatable bonds is 6. The summed E-state index contributed by atoms with van der Waals surface area (Å²) in [5.74, 6) is -1.68. The van der Waals surface area contributed by atoms with Crippen molar-refractivity contribution in [2.45, 2.75) is 6.42 Å². The summed E-state index contributed by atoms with van der Waals surface area (Å²) in [4.78, 5) is 24.5. The molecule has 0 bridgehead atoms. The summed E-state index contributed by atoms with van der Waals surface area (Å²) < 4.78 is 29.2. The number of ether oxygens (including phenoxy) is 2. The molecule has 0 saturated carbocycles. The number of hydrogen-bond donors (Lipinski definition) is 0. The summed E-state index contributed by atoms with van der Waals surface area (Å²) in [6.45, 7) is -0.471. The first-order chi connectivity index (χ1) is 14.1. The molecule has 4 rings (SSSR count). The van der Waals surface area contributed by atoms with E-state index < -0.39 is 24.2 Å². The van der Waals surface area contributed by atoms with E-state index in [2.05, 4.69) is 0 Å². The van der Waals surface area contributed by atoms with Crippen LogP contribution in [0, 0.1) is 5.82 Å². The molecule has 146 valence electrons. The van der Waals surface area contributed by atoms with Crippen molar-refractivity contribution in [3.8, 4) is 5.75 Å². The van der Waals surface area contributed by atoms with Crippen molar-refractivity contribution in [1.82, 2.24) is 0 Å². The molecule has 0 atom stereocenters. The van der Waals surface area contributed by atoms with Crippen molar-refractivity contribution in [1.29, 1.82) is 0 Å². The Bertz CT molecular complexity index is 1220. The number of furan rings is 1. The third-order valence-corrected chi connectivity index (χ3v) is 4.71. The molecule has 1 heterocycles. The van der Waals surface area contributed by atoms with Gasteiger partial charge in [0.25, 0.3) is 0 Å². The van der Waals surface area contributed by atoms with E-state index in [0.717, 1.165) is 22.2 Å². The zero-order valence-corrected chi connectivity index (χ0v) is 15.6. The number of Topliss-reactive ketones (excluding diaryl/α,β-unsaturated/α-hetero) is 1. The second-order valence-corrected chi connectivity index (χ2v) is 6.53. The van der Waals surface area contributed by atoms with Gasteiger partial charge in [-0.1, -0.05) is 30.3 Å². The fraction of sp³-hybridized carbons (Fsp3) is 0.130. The van der Waals surface area contributed by atoms with E-state index >= 15 is 0 Å². The maximum atomic E-state index is 13.7. The highest BCUT2D eigenvalue weighted by molar-refractivity contribution is 6.08. The van der Waals surface area contributed by atoms with Crippen LogP contribution in [0.15, 0.2) is 65.3 Å². The Morgan fingerprint density at radius 1 is 1.07 bits per heavy atom. The number of ketones is 1. The standard InChI is InChI=1S/C23H17FO5/c1-27-20-8-7-15(10-18(20)24)19(25)13-29-22(26)11-16-12-28-21-9-6-14-4-2-3-5-17(14)23(16)21/h2-10,12H,11,13H2,1H3. The number of methoxy groups -OCH3 is 1. The maximum absolute atomic E-state index is 13.7. The zero-order valence-electron chi connectivity index (χ0n) is 15.6. The summed E-state index contributed by atoms with van der Waals surface area (Å²) in [6, 6.07) is 15.5. The molecule has 0 N–H and O–H groups in total. The summed E-state index contributed by atoms with van der Waals surface area (Å²) in [6.07, 6.45) is 1.49. The highest BCUT2D eigenvalue weighted by atomic mass is 19.1. The molecule has 29 heavy (non-hydrogen) atoms. The molecule has 0 amide bonds. The van der Waals surface area contributed by atoms with Gasteiger partial charge in [0.1, 0.15) is 5.58 Å². The highest BCUT2D eigenvalue weighted by Crippen LogP contribution is 2.30. The van der Waals surface area contributed by atoms with Gasteiger partial charge < -0.3 is 13.9 Å². The van der Waals surface area contributed by atoms with Crippen LogP contribution in [0.25, 0.3) is 21.7 Å². The van der Waals surface area contributed by atoms with Crippen molar-refractivity contribution in [3.05, 3.63) is 77.8 Å². The van der Waals surface area contributed by atoms with Crippen LogP contribution in [0.5, 0.6) is 5.75 Å². The fourth-order valence-corrected chi connectivity index (χ4v) is 3.28. The van der Waals surface area contributed by atoms with Gasteiger partial charge in [-0.05, 0) is 35.0 Å². The molecular formula is C23H17FO5. The van der Waals surface area contributed by atoms with Crippen LogP contribution in [0.2, 0.25) is 0 Å². The van der Waals surface area contributed by atoms with Crippen molar-refractivity contribution < 1.29 is 27.9 Å². The minimum atomic E-state index is -0.651. The first kappa shape index (κ1) is 18.7. The van der Waals surface area contributed by atoms with E-state index in [0.29, 0.717) is 11.1 Å². The van der Waals surface area contributed by atoms with E-state index in [1.165, 1.54) is 25.5 Å². The van der Waals surface area contributed by atoms with Crippen LogP contribution in [0.1, 0.15) is 15.9 Å². The SMILES string of the molecule is COc1ccc(C(=O)COC(=O)Cc2coc3ccc4ccccc4c23)cc1F. The number of esters is 1. The van der Waals surface area contributed by atoms with Gasteiger partial charge >= 0.3 is 5.97 Å². The maximum Gasteiger partial charge on any atom is 0.310 e. The van der Waals surface area contributed by atoms with E-state index in [1.807, 2.05) is 36.4 Å². The van der Waals surface area contributed by atoms with Gasteiger partial charge in [-0.15, -0.1) is 0 Å². The predicted octanol–water partition coefficient (Wildman–Crippen LogP) is 4.70. The second kappa shape index (κ2) is 7.75. The van der Waals surface area contributed by atoms with E-state index in [-0.39, 0.29) is 17.7 Å². The summed E-state index contributed by atoms with van der Waals surface area (Å²) in [5, 5.41) is 2.86. The van der Waals surface area contributed by atoms with Gasteiger partial charge in [0.05, 0.1) is 19.8 Å². The zero-order chi connectivity index (χ0) is 20.4. The van der Waals surface area contributed by atoms with Gasteiger partial charge in [-0.25, -0.2) is 4.39 Å². The Kier molecular flexibility index (Phi) is 4.99. The molecule has 6 heteroatoms. The monoisotopic (exact) mass is 392 g/mol. The number of halogens is 1. The number of hydrogen-bond acceptors (Lipinski definition) is 5. The average Bonchev–Trinajstić information content (AvgIpc) is 3.15. The number of benzene rings is 3. The first-order valence-electron chi connectivity index (χ1n) is 8.97. The van der Waals surface area contributed by atoms with Crippen molar-refractivity contribution in [2.24, 2.45) is 0 Å². The van der Waals surface area contributed by atoms with Crippen LogP contribution < -0.4 is 4.74 Å². The molecule has 3 aromatic carbocycles. The lowest BCUT2D eigenvalue weighted by Gasteiger charge is -2.06. The predicted molar refractivity (Wildman–Crippen MR) is 106 cm³/mol. The Hall–Kier alpha value is -3.67. The Morgan fingerprint density at radius 2 is 1.90 bits per heavy atom. The van der Waals surface area contributed by atoms with Gasteiger partial charge in [-0.3, -0.25) is 9.59 Å². The molecule has 0 unspecified atom stereocenters. The Balaban J connectivity index is 1.47. The van der Waals surface area contributed by atoms with Crippen LogP contribution in [-0.4, -0.2) is 25.5 Å². The lowest BCUT2D eigenvalue weighted by molar-refractivity contribution is -0.141. The molecular weight excluding hydrogens is 375 g/mol. The third-order valence-electron chi connectivity index (χ3n) is 4.71. The van der Waals surface area contributed by atoms with Gasteiger partial charge in [0, 0.05) is 16.5 Å². The lowest BCUT2D eigenvalue weighted by atomic mass is 10.0. The minimum Gasteiger partial charge on any atom is -0.494 e. The Morgan fingerprint density at radius 3 is 2.69 bits per heavy atom. The van der Waals surface area contributed by atoms with Crippen molar-refractivity contribution >= 4 is 33.5 Å². The largest absolute Gasteiger partial charge is 0.494 e. The lowest BCUT2D eigenvalue weighted by Crippen LogP contribution is -2.15. The molecule has 0 spiro atoms. The molecule has 5 nitrogen and oxygen atoms in total. The molecule has 0 aliphatic carbocycles. The van der Waals surface area contributed by atoms with E-state index in [9.17, 15) is 14.0 Å². The molecule has 4 aromatic rings. The van der Waals surface area contributed by atoms with E-state index in [4.69, 9.17) is 13.9 Å². The molecule has 0 saturated heterocycles. The van der Waals surface area contributed by atoms with Crippen LogP contribution >= 0.6 is 0 Å². The van der Waals surface area contributed by atoms with E-state index in [1.54, 1.807) is 0 Å². The molecule has 0 aliphatic heterocycles. The van der Waals surface area contributed by atoms with Crippen molar-refractivity contribution in [3.63, 3.8) is 0 Å². The minimum absolute atomic E-state index is 0.0364. The number of carbonyl (C=O) groups is 2. The van der Waals surface area contributed by atoms with Crippen molar-refractivity contribution in [2.75, 3.05) is 13.7 Å². The van der Waals surface area contributed by atoms with Crippen LogP contribution in [-0.2, 0) is 16.0 Å². The molecule has 0 radical (unpaired) electrons. The number of carbonyl (C=O) groups excluding carboxylic acids is 2. The molecule has 0 aliphatic rings. The Labute approximate surface area is 165 Å².